The Balaban J connectivity index is 1.58. The van der Waals surface area contributed by atoms with Gasteiger partial charge in [-0.2, -0.15) is 0 Å². The zero-order chi connectivity index (χ0) is 24.0. The van der Waals surface area contributed by atoms with E-state index in [0.29, 0.717) is 61.5 Å². The number of benzene rings is 2. The molecule has 1 aliphatic heterocycles. The molecule has 2 aliphatic rings. The van der Waals surface area contributed by atoms with Crippen molar-refractivity contribution in [3.8, 4) is 5.75 Å². The molecule has 34 heavy (non-hydrogen) atoms. The van der Waals surface area contributed by atoms with Gasteiger partial charge in [0, 0.05) is 30.9 Å². The van der Waals surface area contributed by atoms with Gasteiger partial charge < -0.3 is 19.7 Å². The molecule has 1 heterocycles. The van der Waals surface area contributed by atoms with Crippen molar-refractivity contribution in [2.45, 2.75) is 43.4 Å². The predicted molar refractivity (Wildman–Crippen MR) is 133 cm³/mol. The maximum absolute atomic E-state index is 13.5. The smallest absolute Gasteiger partial charge is 0.264 e. The summed E-state index contributed by atoms with van der Waals surface area (Å²) < 4.78 is 40.2. The van der Waals surface area contributed by atoms with Gasteiger partial charge in [0.25, 0.3) is 10.0 Å². The first-order valence-electron chi connectivity index (χ1n) is 11.9. The van der Waals surface area contributed by atoms with Crippen LogP contribution in [0.2, 0.25) is 0 Å². The first kappa shape index (κ1) is 24.3. The lowest BCUT2D eigenvalue weighted by molar-refractivity contribution is -0.117. The Kier molecular flexibility index (Phi) is 7.95. The number of rotatable bonds is 8. The van der Waals surface area contributed by atoms with E-state index in [2.05, 4.69) is 10.0 Å². The molecule has 0 atom stereocenters. The van der Waals surface area contributed by atoms with Crippen molar-refractivity contribution >= 4 is 33.0 Å². The molecule has 2 fully saturated rings. The standard InChI is InChI=1S/C25H33N3O5S/c1-32-22-10-7-20(8-11-22)27-34(30,31)24-18-21(9-12-23(24)28-13-15-33-16-14-28)26-25(29)17-19-5-3-2-4-6-19/h7-12,18-19,27H,2-6,13-17H2,1H3,(H,26,29). The van der Waals surface area contributed by atoms with Gasteiger partial charge >= 0.3 is 0 Å². The fraction of sp³-hybridized carbons (Fsp3) is 0.480. The normalized spacial score (nSPS) is 17.3. The molecule has 0 unspecified atom stereocenters. The number of carbonyl (C=O) groups is 1. The van der Waals surface area contributed by atoms with Gasteiger partial charge in [-0.25, -0.2) is 8.42 Å². The summed E-state index contributed by atoms with van der Waals surface area (Å²) in [6, 6.07) is 11.8. The molecule has 9 heteroatoms. The minimum atomic E-state index is -3.92. The van der Waals surface area contributed by atoms with Crippen molar-refractivity contribution < 1.29 is 22.7 Å². The van der Waals surface area contributed by atoms with Crippen LogP contribution in [-0.2, 0) is 19.6 Å². The number of carbonyl (C=O) groups excluding carboxylic acids is 1. The summed E-state index contributed by atoms with van der Waals surface area (Å²) in [5, 5.41) is 2.92. The molecule has 2 aromatic carbocycles. The molecule has 8 nitrogen and oxygen atoms in total. The number of methoxy groups -OCH3 is 1. The molecule has 2 N–H and O–H groups in total. The number of morpholine rings is 1. The van der Waals surface area contributed by atoms with Crippen molar-refractivity contribution in [1.82, 2.24) is 0 Å². The van der Waals surface area contributed by atoms with Crippen LogP contribution < -0.4 is 19.7 Å². The van der Waals surface area contributed by atoms with Gasteiger partial charge in [0.15, 0.2) is 0 Å². The van der Waals surface area contributed by atoms with E-state index in [1.54, 1.807) is 49.6 Å². The average Bonchev–Trinajstić information content (AvgIpc) is 2.85. The monoisotopic (exact) mass is 487 g/mol. The third kappa shape index (κ3) is 6.21. The Morgan fingerprint density at radius 2 is 1.71 bits per heavy atom. The molecule has 4 rings (SSSR count). The molecular weight excluding hydrogens is 454 g/mol. The van der Waals surface area contributed by atoms with E-state index in [0.717, 1.165) is 12.8 Å². The molecule has 1 aliphatic carbocycles. The summed E-state index contributed by atoms with van der Waals surface area (Å²) in [7, 11) is -2.37. The van der Waals surface area contributed by atoms with E-state index < -0.39 is 10.0 Å². The third-order valence-corrected chi connectivity index (χ3v) is 7.84. The van der Waals surface area contributed by atoms with Gasteiger partial charge in [-0.1, -0.05) is 19.3 Å². The van der Waals surface area contributed by atoms with Gasteiger partial charge in [0.2, 0.25) is 5.91 Å². The topological polar surface area (TPSA) is 97.0 Å². The highest BCUT2D eigenvalue weighted by molar-refractivity contribution is 7.92. The summed E-state index contributed by atoms with van der Waals surface area (Å²) in [4.78, 5) is 14.8. The third-order valence-electron chi connectivity index (χ3n) is 6.43. The number of ether oxygens (including phenoxy) is 2. The molecule has 2 aromatic rings. The number of amides is 1. The molecule has 184 valence electrons. The van der Waals surface area contributed by atoms with Crippen LogP contribution in [-0.4, -0.2) is 47.7 Å². The number of sulfonamides is 1. The minimum absolute atomic E-state index is 0.0718. The van der Waals surface area contributed by atoms with E-state index in [4.69, 9.17) is 9.47 Å². The second-order valence-corrected chi connectivity index (χ2v) is 10.5. The second kappa shape index (κ2) is 11.1. The maximum atomic E-state index is 13.5. The van der Waals surface area contributed by atoms with Gasteiger partial charge in [-0.15, -0.1) is 0 Å². The van der Waals surface area contributed by atoms with E-state index in [1.807, 2.05) is 4.90 Å². The summed E-state index contributed by atoms with van der Waals surface area (Å²) in [5.41, 5.74) is 1.50. The fourth-order valence-electron chi connectivity index (χ4n) is 4.61. The highest BCUT2D eigenvalue weighted by Crippen LogP contribution is 2.32. The van der Waals surface area contributed by atoms with E-state index in [9.17, 15) is 13.2 Å². The number of nitrogens with zero attached hydrogens (tertiary/aromatic N) is 1. The van der Waals surface area contributed by atoms with Crippen LogP contribution in [0.4, 0.5) is 17.1 Å². The SMILES string of the molecule is COc1ccc(NS(=O)(=O)c2cc(NC(=O)CC3CCCCC3)ccc2N2CCOCC2)cc1. The van der Waals surface area contributed by atoms with Crippen molar-refractivity contribution in [3.63, 3.8) is 0 Å². The van der Waals surface area contributed by atoms with Crippen molar-refractivity contribution in [1.29, 1.82) is 0 Å². The Morgan fingerprint density at radius 1 is 1.03 bits per heavy atom. The van der Waals surface area contributed by atoms with E-state index in [1.165, 1.54) is 19.3 Å². The Labute approximate surface area is 201 Å². The zero-order valence-corrected chi connectivity index (χ0v) is 20.4. The van der Waals surface area contributed by atoms with Crippen LogP contribution in [0.1, 0.15) is 38.5 Å². The van der Waals surface area contributed by atoms with E-state index >= 15 is 0 Å². The molecule has 1 amide bonds. The van der Waals surface area contributed by atoms with Gasteiger partial charge in [0.1, 0.15) is 10.6 Å². The second-order valence-electron chi connectivity index (χ2n) is 8.87. The van der Waals surface area contributed by atoms with Crippen LogP contribution >= 0.6 is 0 Å². The molecule has 0 aromatic heterocycles. The Hall–Kier alpha value is -2.78. The lowest BCUT2D eigenvalue weighted by atomic mass is 9.87. The lowest BCUT2D eigenvalue weighted by Gasteiger charge is -2.30. The van der Waals surface area contributed by atoms with Crippen LogP contribution in [0.15, 0.2) is 47.4 Å². The highest BCUT2D eigenvalue weighted by atomic mass is 32.2. The number of hydrogen-bond donors (Lipinski definition) is 2. The number of hydrogen-bond acceptors (Lipinski definition) is 6. The highest BCUT2D eigenvalue weighted by Gasteiger charge is 2.25. The molecule has 1 saturated heterocycles. The van der Waals surface area contributed by atoms with Crippen molar-refractivity contribution in [2.24, 2.45) is 5.92 Å². The number of nitrogens with one attached hydrogen (secondary N) is 2. The van der Waals surface area contributed by atoms with Gasteiger partial charge in [-0.05, 0) is 61.2 Å². The predicted octanol–water partition coefficient (Wildman–Crippen LogP) is 4.24. The molecule has 1 saturated carbocycles. The maximum Gasteiger partial charge on any atom is 0.264 e. The molecular formula is C25H33N3O5S. The van der Waals surface area contributed by atoms with Crippen LogP contribution in [0.3, 0.4) is 0 Å². The van der Waals surface area contributed by atoms with Gasteiger partial charge in [-0.3, -0.25) is 9.52 Å². The van der Waals surface area contributed by atoms with Crippen LogP contribution in [0, 0.1) is 5.92 Å². The van der Waals surface area contributed by atoms with E-state index in [-0.39, 0.29) is 10.8 Å². The summed E-state index contributed by atoms with van der Waals surface area (Å²) >= 11 is 0. The van der Waals surface area contributed by atoms with Crippen LogP contribution in [0.25, 0.3) is 0 Å². The zero-order valence-electron chi connectivity index (χ0n) is 19.6. The quantitative estimate of drug-likeness (QED) is 0.578. The molecule has 0 radical (unpaired) electrons. The summed E-state index contributed by atoms with van der Waals surface area (Å²) in [6.45, 7) is 2.26. The van der Waals surface area contributed by atoms with Crippen LogP contribution in [0.5, 0.6) is 5.75 Å². The first-order valence-corrected chi connectivity index (χ1v) is 13.4. The van der Waals surface area contributed by atoms with Crippen molar-refractivity contribution in [3.05, 3.63) is 42.5 Å². The Bertz CT molecular complexity index is 1080. The largest absolute Gasteiger partial charge is 0.497 e. The first-order chi connectivity index (χ1) is 16.4. The average molecular weight is 488 g/mol. The summed E-state index contributed by atoms with van der Waals surface area (Å²) in [5.74, 6) is 0.971. The lowest BCUT2D eigenvalue weighted by Crippen LogP contribution is -2.37. The molecule has 0 bridgehead atoms. The van der Waals surface area contributed by atoms with Crippen molar-refractivity contribution in [2.75, 3.05) is 48.4 Å². The number of anilines is 3. The Morgan fingerprint density at radius 3 is 2.38 bits per heavy atom. The fourth-order valence-corrected chi connectivity index (χ4v) is 5.92. The minimum Gasteiger partial charge on any atom is -0.497 e. The van der Waals surface area contributed by atoms with Gasteiger partial charge in [0.05, 0.1) is 26.0 Å². The molecule has 0 spiro atoms. The summed E-state index contributed by atoms with van der Waals surface area (Å²) in [6.07, 6.45) is 6.21.